The molecular weight excluding hydrogens is 240 g/mol. The fourth-order valence-electron chi connectivity index (χ4n) is 1.31. The Morgan fingerprint density at radius 1 is 1.53 bits per heavy atom. The Balaban J connectivity index is 2.55. The molecule has 0 aliphatic heterocycles. The monoisotopic (exact) mass is 260 g/mol. The number of sulfonamides is 1. The van der Waals surface area contributed by atoms with E-state index in [-0.39, 0.29) is 0 Å². The minimum absolute atomic E-state index is 0.356. The molecule has 0 aromatic carbocycles. The van der Waals surface area contributed by atoms with E-state index in [1.165, 1.54) is 0 Å². The van der Waals surface area contributed by atoms with Gasteiger partial charge in [0.2, 0.25) is 10.0 Å². The van der Waals surface area contributed by atoms with Gasteiger partial charge in [0.15, 0.2) is 5.82 Å². The third kappa shape index (κ3) is 4.35. The van der Waals surface area contributed by atoms with Crippen LogP contribution in [0.25, 0.3) is 0 Å². The van der Waals surface area contributed by atoms with Crippen molar-refractivity contribution in [3.63, 3.8) is 0 Å². The van der Waals surface area contributed by atoms with Gasteiger partial charge in [0.25, 0.3) is 0 Å². The summed E-state index contributed by atoms with van der Waals surface area (Å²) in [6, 6.07) is 1.63. The number of aryl methyl sites for hydroxylation is 1. The lowest BCUT2D eigenvalue weighted by Crippen LogP contribution is -2.35. The van der Waals surface area contributed by atoms with E-state index in [0.717, 1.165) is 13.0 Å². The number of hydrogen-bond acceptors (Lipinski definition) is 4. The maximum atomic E-state index is 11.9. The number of rotatable bonds is 7. The Kier molecular flexibility index (Phi) is 4.95. The molecule has 0 aliphatic carbocycles. The smallest absolute Gasteiger partial charge is 0.237 e. The number of hydrogen-bond donors (Lipinski definition) is 2. The maximum Gasteiger partial charge on any atom is 0.237 e. The molecule has 1 rings (SSSR count). The van der Waals surface area contributed by atoms with Crippen LogP contribution in [0.3, 0.4) is 0 Å². The molecule has 0 radical (unpaired) electrons. The average Bonchev–Trinajstić information content (AvgIpc) is 2.63. The summed E-state index contributed by atoms with van der Waals surface area (Å²) in [7, 11) is -1.63. The van der Waals surface area contributed by atoms with E-state index in [1.807, 2.05) is 6.92 Å². The van der Waals surface area contributed by atoms with E-state index in [9.17, 15) is 8.42 Å². The third-order valence-corrected chi connectivity index (χ3v) is 4.07. The molecule has 0 aliphatic rings. The van der Waals surface area contributed by atoms with E-state index in [0.29, 0.717) is 12.4 Å². The van der Waals surface area contributed by atoms with Gasteiger partial charge in [-0.25, -0.2) is 8.42 Å². The van der Waals surface area contributed by atoms with E-state index in [4.69, 9.17) is 0 Å². The van der Waals surface area contributed by atoms with E-state index < -0.39 is 15.3 Å². The lowest BCUT2D eigenvalue weighted by atomic mass is 10.4. The second kappa shape index (κ2) is 6.02. The molecule has 1 heterocycles. The molecule has 7 heteroatoms. The molecule has 1 unspecified atom stereocenters. The van der Waals surface area contributed by atoms with Crippen LogP contribution in [0.15, 0.2) is 12.3 Å². The molecular formula is C10H20N4O2S. The van der Waals surface area contributed by atoms with Crippen LogP contribution in [0.2, 0.25) is 0 Å². The average molecular weight is 260 g/mol. The van der Waals surface area contributed by atoms with Crippen molar-refractivity contribution in [2.75, 3.05) is 17.8 Å². The zero-order chi connectivity index (χ0) is 12.9. The van der Waals surface area contributed by atoms with Gasteiger partial charge in [0, 0.05) is 25.9 Å². The first-order valence-corrected chi connectivity index (χ1v) is 7.22. The van der Waals surface area contributed by atoms with Crippen LogP contribution in [0.1, 0.15) is 20.3 Å². The Morgan fingerprint density at radius 2 is 2.24 bits per heavy atom. The van der Waals surface area contributed by atoms with Gasteiger partial charge in [0.05, 0.1) is 5.25 Å². The van der Waals surface area contributed by atoms with Crippen LogP contribution >= 0.6 is 0 Å². The van der Waals surface area contributed by atoms with Crippen LogP contribution in [-0.2, 0) is 17.1 Å². The molecule has 6 nitrogen and oxygen atoms in total. The van der Waals surface area contributed by atoms with Crippen molar-refractivity contribution >= 4 is 15.8 Å². The molecule has 2 N–H and O–H groups in total. The summed E-state index contributed by atoms with van der Waals surface area (Å²) < 4.78 is 27.8. The van der Waals surface area contributed by atoms with Crippen LogP contribution in [-0.4, -0.2) is 36.5 Å². The molecule has 1 aromatic heterocycles. The van der Waals surface area contributed by atoms with Gasteiger partial charge >= 0.3 is 0 Å². The Hall–Kier alpha value is -1.08. The summed E-state index contributed by atoms with van der Waals surface area (Å²) >= 11 is 0. The topological polar surface area (TPSA) is 76.0 Å². The number of anilines is 1. The molecule has 98 valence electrons. The summed E-state index contributed by atoms with van der Waals surface area (Å²) in [5.74, 6) is 0.356. The predicted molar refractivity (Wildman–Crippen MR) is 68.4 cm³/mol. The van der Waals surface area contributed by atoms with Gasteiger partial charge < -0.3 is 5.32 Å². The molecule has 1 atom stereocenters. The molecule has 0 bridgehead atoms. The van der Waals surface area contributed by atoms with Crippen LogP contribution < -0.4 is 10.0 Å². The lowest BCUT2D eigenvalue weighted by Gasteiger charge is -2.13. The Labute approximate surface area is 102 Å². The maximum absolute atomic E-state index is 11.9. The zero-order valence-electron chi connectivity index (χ0n) is 10.5. The van der Waals surface area contributed by atoms with Crippen molar-refractivity contribution in [3.8, 4) is 0 Å². The van der Waals surface area contributed by atoms with Crippen molar-refractivity contribution < 1.29 is 8.42 Å². The zero-order valence-corrected chi connectivity index (χ0v) is 11.3. The molecule has 0 fully saturated rings. The summed E-state index contributed by atoms with van der Waals surface area (Å²) in [5.41, 5.74) is 0. The van der Waals surface area contributed by atoms with E-state index in [1.54, 1.807) is 30.9 Å². The highest BCUT2D eigenvalue weighted by Crippen LogP contribution is 2.08. The molecule has 0 saturated heterocycles. The quantitative estimate of drug-likeness (QED) is 0.702. The summed E-state index contributed by atoms with van der Waals surface area (Å²) in [5, 5.41) is 6.58. The van der Waals surface area contributed by atoms with Gasteiger partial charge in [-0.3, -0.25) is 9.40 Å². The lowest BCUT2D eigenvalue weighted by molar-refractivity contribution is 0.575. The second-order valence-corrected chi connectivity index (χ2v) is 6.14. The SMILES string of the molecule is CCCNCC(C)S(=O)(=O)Nc1ccn(C)n1. The highest BCUT2D eigenvalue weighted by atomic mass is 32.2. The standard InChI is InChI=1S/C10H20N4O2S/c1-4-6-11-8-9(2)17(15,16)13-10-5-7-14(3)12-10/h5,7,9,11H,4,6,8H2,1-3H3,(H,12,13). The van der Waals surface area contributed by atoms with Gasteiger partial charge in [-0.2, -0.15) is 5.10 Å². The number of nitrogens with zero attached hydrogens (tertiary/aromatic N) is 2. The van der Waals surface area contributed by atoms with Crippen molar-refractivity contribution in [2.45, 2.75) is 25.5 Å². The molecule has 0 spiro atoms. The summed E-state index contributed by atoms with van der Waals surface area (Å²) in [4.78, 5) is 0. The van der Waals surface area contributed by atoms with Crippen molar-refractivity contribution in [3.05, 3.63) is 12.3 Å². The van der Waals surface area contributed by atoms with Crippen molar-refractivity contribution in [1.29, 1.82) is 0 Å². The first kappa shape index (κ1) is 14.0. The van der Waals surface area contributed by atoms with Crippen LogP contribution in [0, 0.1) is 0 Å². The van der Waals surface area contributed by atoms with Gasteiger partial charge in [-0.05, 0) is 19.9 Å². The van der Waals surface area contributed by atoms with Crippen LogP contribution in [0.4, 0.5) is 5.82 Å². The van der Waals surface area contributed by atoms with Crippen molar-refractivity contribution in [2.24, 2.45) is 7.05 Å². The largest absolute Gasteiger partial charge is 0.315 e. The van der Waals surface area contributed by atoms with Gasteiger partial charge in [-0.15, -0.1) is 0 Å². The molecule has 17 heavy (non-hydrogen) atoms. The summed E-state index contributed by atoms with van der Waals surface area (Å²) in [6.07, 6.45) is 2.68. The highest BCUT2D eigenvalue weighted by Gasteiger charge is 2.20. The minimum atomic E-state index is -3.37. The number of nitrogens with one attached hydrogen (secondary N) is 2. The van der Waals surface area contributed by atoms with Gasteiger partial charge in [-0.1, -0.05) is 6.92 Å². The predicted octanol–water partition coefficient (Wildman–Crippen LogP) is 0.550. The normalized spacial score (nSPS) is 13.6. The van der Waals surface area contributed by atoms with Crippen LogP contribution in [0.5, 0.6) is 0 Å². The molecule has 0 saturated carbocycles. The first-order chi connectivity index (χ1) is 7.95. The molecule has 1 aromatic rings. The Bertz CT molecular complexity index is 441. The van der Waals surface area contributed by atoms with Crippen molar-refractivity contribution in [1.82, 2.24) is 15.1 Å². The third-order valence-electron chi connectivity index (χ3n) is 2.35. The Morgan fingerprint density at radius 3 is 2.76 bits per heavy atom. The highest BCUT2D eigenvalue weighted by molar-refractivity contribution is 7.93. The fraction of sp³-hybridized carbons (Fsp3) is 0.700. The minimum Gasteiger partial charge on any atom is -0.315 e. The second-order valence-electron chi connectivity index (χ2n) is 4.04. The van der Waals surface area contributed by atoms with Gasteiger partial charge in [0.1, 0.15) is 0 Å². The fourth-order valence-corrected chi connectivity index (χ4v) is 2.25. The summed E-state index contributed by atoms with van der Waals surface area (Å²) in [6.45, 7) is 4.98. The van der Waals surface area contributed by atoms with E-state index >= 15 is 0 Å². The molecule has 0 amide bonds. The van der Waals surface area contributed by atoms with E-state index in [2.05, 4.69) is 15.1 Å². The first-order valence-electron chi connectivity index (χ1n) is 5.67. The number of aromatic nitrogens is 2.